The molecule has 144 valence electrons. The normalized spacial score (nSPS) is 17.0. The highest BCUT2D eigenvalue weighted by Crippen LogP contribution is 2.35. The van der Waals surface area contributed by atoms with Crippen LogP contribution < -0.4 is 10.6 Å². The van der Waals surface area contributed by atoms with Crippen LogP contribution in [0.4, 0.5) is 0 Å². The number of H-pyrrole nitrogens is 1. The van der Waals surface area contributed by atoms with Crippen LogP contribution >= 0.6 is 11.8 Å². The molecule has 3 aromatic rings. The first-order valence-electron chi connectivity index (χ1n) is 9.46. The minimum Gasteiger partial charge on any atom is -0.361 e. The van der Waals surface area contributed by atoms with Gasteiger partial charge in [-0.25, -0.2) is 0 Å². The van der Waals surface area contributed by atoms with E-state index < -0.39 is 6.04 Å². The Kier molecular flexibility index (Phi) is 5.39. The minimum absolute atomic E-state index is 0.0239. The lowest BCUT2D eigenvalue weighted by molar-refractivity contribution is -0.128. The van der Waals surface area contributed by atoms with Crippen LogP contribution in [0.2, 0.25) is 0 Å². The van der Waals surface area contributed by atoms with Gasteiger partial charge in [-0.3, -0.25) is 9.59 Å². The van der Waals surface area contributed by atoms with Crippen molar-refractivity contribution in [1.82, 2.24) is 15.6 Å². The van der Waals surface area contributed by atoms with Crippen molar-refractivity contribution in [3.05, 3.63) is 65.9 Å². The Morgan fingerprint density at radius 1 is 1.18 bits per heavy atom. The molecule has 0 aliphatic carbocycles. The Bertz CT molecular complexity index is 1010. The molecule has 1 aliphatic heterocycles. The number of hydrogen-bond acceptors (Lipinski definition) is 3. The van der Waals surface area contributed by atoms with Crippen LogP contribution in [0, 0.1) is 0 Å². The molecular formula is C22H23N3O2S. The smallest absolute Gasteiger partial charge is 0.243 e. The first-order valence-corrected chi connectivity index (χ1v) is 10.4. The standard InChI is InChI=1S/C22H23N3O2S/c1-14(26)24-20(12-15-13-23-18-8-4-2-6-16(15)18)22(27)25-19-10-11-28-21-9-5-3-7-17(19)21/h2-9,13,19-20,23H,10-12H2,1H3,(H,24,26)(H,25,27)/t19-,20+/m0/s1. The molecule has 0 saturated carbocycles. The van der Waals surface area contributed by atoms with Gasteiger partial charge in [-0.05, 0) is 29.7 Å². The fourth-order valence-electron chi connectivity index (χ4n) is 3.74. The zero-order valence-electron chi connectivity index (χ0n) is 15.7. The summed E-state index contributed by atoms with van der Waals surface area (Å²) in [6.07, 6.45) is 3.24. The summed E-state index contributed by atoms with van der Waals surface area (Å²) in [7, 11) is 0. The number of rotatable bonds is 5. The average molecular weight is 394 g/mol. The Hall–Kier alpha value is -2.73. The number of carbonyl (C=O) groups is 2. The van der Waals surface area contributed by atoms with E-state index in [1.807, 2.05) is 54.4 Å². The lowest BCUT2D eigenvalue weighted by Gasteiger charge is -2.28. The molecule has 0 spiro atoms. The molecule has 4 rings (SSSR count). The molecular weight excluding hydrogens is 370 g/mol. The number of amides is 2. The zero-order chi connectivity index (χ0) is 19.5. The molecule has 1 aromatic heterocycles. The fourth-order valence-corrected chi connectivity index (χ4v) is 4.86. The van der Waals surface area contributed by atoms with E-state index in [1.54, 1.807) is 0 Å². The molecule has 2 aromatic carbocycles. The molecule has 0 bridgehead atoms. The van der Waals surface area contributed by atoms with Crippen molar-refractivity contribution in [2.24, 2.45) is 0 Å². The van der Waals surface area contributed by atoms with Crippen molar-refractivity contribution >= 4 is 34.5 Å². The SMILES string of the molecule is CC(=O)N[C@H](Cc1c[nH]c2ccccc12)C(=O)N[C@H]1CCSc2ccccc21. The van der Waals surface area contributed by atoms with Crippen LogP contribution in [0.15, 0.2) is 59.6 Å². The predicted octanol–water partition coefficient (Wildman–Crippen LogP) is 3.57. The molecule has 6 heteroatoms. The monoisotopic (exact) mass is 393 g/mol. The van der Waals surface area contributed by atoms with Gasteiger partial charge >= 0.3 is 0 Å². The number of thioether (sulfide) groups is 1. The summed E-state index contributed by atoms with van der Waals surface area (Å²) in [6, 6.07) is 15.5. The largest absolute Gasteiger partial charge is 0.361 e. The maximum Gasteiger partial charge on any atom is 0.243 e. The summed E-state index contributed by atoms with van der Waals surface area (Å²) in [6.45, 7) is 1.45. The first-order chi connectivity index (χ1) is 13.6. The maximum absolute atomic E-state index is 13.1. The van der Waals surface area contributed by atoms with Gasteiger partial charge in [0.05, 0.1) is 6.04 Å². The third kappa shape index (κ3) is 3.92. The summed E-state index contributed by atoms with van der Waals surface area (Å²) < 4.78 is 0. The second-order valence-corrected chi connectivity index (χ2v) is 8.19. The number of aromatic nitrogens is 1. The van der Waals surface area contributed by atoms with Gasteiger partial charge in [0.2, 0.25) is 11.8 Å². The third-order valence-electron chi connectivity index (χ3n) is 5.07. The maximum atomic E-state index is 13.1. The summed E-state index contributed by atoms with van der Waals surface area (Å²) in [4.78, 5) is 29.3. The van der Waals surface area contributed by atoms with Gasteiger partial charge in [-0.1, -0.05) is 36.4 Å². The molecule has 2 heterocycles. The Morgan fingerprint density at radius 2 is 1.96 bits per heavy atom. The molecule has 28 heavy (non-hydrogen) atoms. The highest BCUT2D eigenvalue weighted by molar-refractivity contribution is 7.99. The number of hydrogen-bond donors (Lipinski definition) is 3. The number of nitrogens with one attached hydrogen (secondary N) is 3. The fraction of sp³-hybridized carbons (Fsp3) is 0.273. The van der Waals surface area contributed by atoms with Crippen LogP contribution in [0.3, 0.4) is 0 Å². The quantitative estimate of drug-likeness (QED) is 0.620. The van der Waals surface area contributed by atoms with Crippen molar-refractivity contribution in [1.29, 1.82) is 0 Å². The molecule has 5 nitrogen and oxygen atoms in total. The molecule has 2 atom stereocenters. The number of aromatic amines is 1. The lowest BCUT2D eigenvalue weighted by atomic mass is 10.0. The highest BCUT2D eigenvalue weighted by atomic mass is 32.2. The van der Waals surface area contributed by atoms with E-state index in [-0.39, 0.29) is 17.9 Å². The third-order valence-corrected chi connectivity index (χ3v) is 6.19. The molecule has 0 radical (unpaired) electrons. The van der Waals surface area contributed by atoms with Crippen molar-refractivity contribution in [3.63, 3.8) is 0 Å². The second kappa shape index (κ2) is 8.10. The van der Waals surface area contributed by atoms with E-state index in [0.29, 0.717) is 6.42 Å². The average Bonchev–Trinajstić information content (AvgIpc) is 3.10. The van der Waals surface area contributed by atoms with Crippen LogP contribution in [-0.2, 0) is 16.0 Å². The van der Waals surface area contributed by atoms with E-state index in [1.165, 1.54) is 11.8 Å². The van der Waals surface area contributed by atoms with Crippen LogP contribution in [0.1, 0.15) is 30.5 Å². The highest BCUT2D eigenvalue weighted by Gasteiger charge is 2.27. The van der Waals surface area contributed by atoms with Crippen LogP contribution in [0.5, 0.6) is 0 Å². The van der Waals surface area contributed by atoms with Crippen molar-refractivity contribution in [2.45, 2.75) is 36.7 Å². The number of para-hydroxylation sites is 1. The molecule has 0 fully saturated rings. The van der Waals surface area contributed by atoms with E-state index in [4.69, 9.17) is 0 Å². The van der Waals surface area contributed by atoms with Gasteiger partial charge in [0.15, 0.2) is 0 Å². The molecule has 1 aliphatic rings. The van der Waals surface area contributed by atoms with Crippen molar-refractivity contribution in [2.75, 3.05) is 5.75 Å². The molecule has 0 saturated heterocycles. The van der Waals surface area contributed by atoms with Crippen LogP contribution in [-0.4, -0.2) is 28.6 Å². The Labute approximate surface area is 168 Å². The van der Waals surface area contributed by atoms with Crippen LogP contribution in [0.25, 0.3) is 10.9 Å². The van der Waals surface area contributed by atoms with Gasteiger partial charge in [-0.15, -0.1) is 11.8 Å². The number of benzene rings is 2. The summed E-state index contributed by atoms with van der Waals surface area (Å²) in [5.74, 6) is 0.613. The summed E-state index contributed by atoms with van der Waals surface area (Å²) >= 11 is 1.82. The van der Waals surface area contributed by atoms with E-state index in [9.17, 15) is 9.59 Å². The number of carbonyl (C=O) groups excluding carboxylic acids is 2. The van der Waals surface area contributed by atoms with E-state index in [2.05, 4.69) is 27.8 Å². The summed E-state index contributed by atoms with van der Waals surface area (Å²) in [5, 5.41) is 7.06. The predicted molar refractivity (Wildman–Crippen MR) is 112 cm³/mol. The van der Waals surface area contributed by atoms with Crippen molar-refractivity contribution in [3.8, 4) is 0 Å². The molecule has 2 amide bonds. The van der Waals surface area contributed by atoms with Gasteiger partial charge < -0.3 is 15.6 Å². The summed E-state index contributed by atoms with van der Waals surface area (Å²) in [5.41, 5.74) is 3.20. The second-order valence-electron chi connectivity index (χ2n) is 7.05. The van der Waals surface area contributed by atoms with Crippen molar-refractivity contribution < 1.29 is 9.59 Å². The van der Waals surface area contributed by atoms with E-state index in [0.717, 1.165) is 34.2 Å². The van der Waals surface area contributed by atoms with Gasteiger partial charge in [-0.2, -0.15) is 0 Å². The zero-order valence-corrected chi connectivity index (χ0v) is 16.5. The minimum atomic E-state index is -0.613. The first kappa shape index (κ1) is 18.6. The van der Waals surface area contributed by atoms with Gasteiger partial charge in [0.1, 0.15) is 6.04 Å². The number of fused-ring (bicyclic) bond motifs is 2. The Morgan fingerprint density at radius 3 is 2.82 bits per heavy atom. The van der Waals surface area contributed by atoms with Gasteiger partial charge in [0.25, 0.3) is 0 Å². The van der Waals surface area contributed by atoms with Gasteiger partial charge in [0, 0.05) is 41.1 Å². The molecule has 3 N–H and O–H groups in total. The van der Waals surface area contributed by atoms with E-state index >= 15 is 0 Å². The topological polar surface area (TPSA) is 74.0 Å². The lowest BCUT2D eigenvalue weighted by Crippen LogP contribution is -2.48. The molecule has 0 unspecified atom stereocenters. The Balaban J connectivity index is 1.54.